The van der Waals surface area contributed by atoms with Gasteiger partial charge >= 0.3 is 0 Å². The lowest BCUT2D eigenvalue weighted by Gasteiger charge is -2.27. The molecule has 4 heteroatoms. The van der Waals surface area contributed by atoms with Crippen LogP contribution in [0.25, 0.3) is 0 Å². The molecule has 4 N–H and O–H groups in total. The molecule has 4 nitrogen and oxygen atoms in total. The lowest BCUT2D eigenvalue weighted by Crippen LogP contribution is -2.32. The average molecular weight is 216 g/mol. The Labute approximate surface area is 92.3 Å². The van der Waals surface area contributed by atoms with Crippen LogP contribution in [0.15, 0.2) is 0 Å². The zero-order valence-corrected chi connectivity index (χ0v) is 10.3. The Morgan fingerprint density at radius 1 is 1.13 bits per heavy atom. The Bertz CT molecular complexity index is 213. The normalized spacial score (nSPS) is 12.9. The number of carbonyl (C=O) groups is 1. The number of amides is 1. The molecule has 0 aliphatic carbocycles. The van der Waals surface area contributed by atoms with Gasteiger partial charge in [0.2, 0.25) is 5.91 Å². The van der Waals surface area contributed by atoms with Gasteiger partial charge in [-0.25, -0.2) is 0 Å². The Kier molecular flexibility index (Phi) is 5.24. The minimum atomic E-state index is -0.290. The van der Waals surface area contributed by atoms with Gasteiger partial charge < -0.3 is 16.2 Å². The molecule has 15 heavy (non-hydrogen) atoms. The minimum Gasteiger partial charge on any atom is -0.380 e. The van der Waals surface area contributed by atoms with Crippen LogP contribution in [0, 0.1) is 10.8 Å². The number of nitrogens with two attached hydrogens (primary N) is 2. The zero-order valence-electron chi connectivity index (χ0n) is 10.3. The van der Waals surface area contributed by atoms with Crippen molar-refractivity contribution in [3.8, 4) is 0 Å². The summed E-state index contributed by atoms with van der Waals surface area (Å²) in [6.45, 7) is 9.75. The Morgan fingerprint density at radius 3 is 2.00 bits per heavy atom. The molecular weight excluding hydrogens is 192 g/mol. The molecule has 0 rings (SSSR count). The van der Waals surface area contributed by atoms with E-state index in [9.17, 15) is 4.79 Å². The van der Waals surface area contributed by atoms with Gasteiger partial charge in [0.25, 0.3) is 0 Å². The molecule has 0 saturated heterocycles. The molecule has 0 spiro atoms. The van der Waals surface area contributed by atoms with Crippen LogP contribution in [0.2, 0.25) is 0 Å². The molecule has 0 aromatic rings. The van der Waals surface area contributed by atoms with Crippen molar-refractivity contribution in [2.45, 2.75) is 34.1 Å². The first-order valence-electron chi connectivity index (χ1n) is 5.25. The maximum atomic E-state index is 10.8. The minimum absolute atomic E-state index is 0.0111. The van der Waals surface area contributed by atoms with Crippen molar-refractivity contribution in [3.05, 3.63) is 0 Å². The van der Waals surface area contributed by atoms with Gasteiger partial charge in [0.05, 0.1) is 13.2 Å². The van der Waals surface area contributed by atoms with Crippen LogP contribution < -0.4 is 11.5 Å². The predicted molar refractivity (Wildman–Crippen MR) is 61.2 cm³/mol. The fourth-order valence-electron chi connectivity index (χ4n) is 1.19. The van der Waals surface area contributed by atoms with E-state index in [0.717, 1.165) is 0 Å². The monoisotopic (exact) mass is 216 g/mol. The third kappa shape index (κ3) is 7.33. The highest BCUT2D eigenvalue weighted by Crippen LogP contribution is 2.22. The van der Waals surface area contributed by atoms with Crippen molar-refractivity contribution in [1.29, 1.82) is 0 Å². The highest BCUT2D eigenvalue weighted by atomic mass is 16.5. The number of ether oxygens (including phenoxy) is 1. The lowest BCUT2D eigenvalue weighted by molar-refractivity contribution is -0.121. The summed E-state index contributed by atoms with van der Waals surface area (Å²) >= 11 is 0. The summed E-state index contributed by atoms with van der Waals surface area (Å²) in [4.78, 5) is 10.8. The summed E-state index contributed by atoms with van der Waals surface area (Å²) in [5, 5.41) is 0. The number of rotatable bonds is 7. The molecule has 0 heterocycles. The fourth-order valence-corrected chi connectivity index (χ4v) is 1.19. The van der Waals surface area contributed by atoms with Crippen LogP contribution in [0.4, 0.5) is 0 Å². The highest BCUT2D eigenvalue weighted by Gasteiger charge is 2.23. The van der Waals surface area contributed by atoms with Crippen molar-refractivity contribution in [2.75, 3.05) is 19.8 Å². The molecule has 0 aliphatic rings. The molecule has 0 unspecified atom stereocenters. The SMILES string of the molecule is CC(C)(CN)COCC(C)(C)CC(N)=O. The van der Waals surface area contributed by atoms with E-state index in [4.69, 9.17) is 16.2 Å². The second kappa shape index (κ2) is 5.47. The van der Waals surface area contributed by atoms with Gasteiger partial charge in [-0.3, -0.25) is 4.79 Å². The molecule has 0 fully saturated rings. The predicted octanol–water partition coefficient (Wildman–Crippen LogP) is 0.889. The Balaban J connectivity index is 3.89. The molecule has 0 bridgehead atoms. The first-order valence-corrected chi connectivity index (χ1v) is 5.25. The summed E-state index contributed by atoms with van der Waals surface area (Å²) in [6, 6.07) is 0. The number of hydrogen-bond acceptors (Lipinski definition) is 3. The molecule has 0 atom stereocenters. The second-order valence-electron chi connectivity index (χ2n) is 5.67. The molecule has 0 aromatic carbocycles. The van der Waals surface area contributed by atoms with E-state index >= 15 is 0 Å². The number of primary amides is 1. The van der Waals surface area contributed by atoms with E-state index in [0.29, 0.717) is 26.2 Å². The van der Waals surface area contributed by atoms with Crippen molar-refractivity contribution in [3.63, 3.8) is 0 Å². The summed E-state index contributed by atoms with van der Waals surface area (Å²) in [7, 11) is 0. The van der Waals surface area contributed by atoms with Gasteiger partial charge in [0, 0.05) is 11.8 Å². The average Bonchev–Trinajstić information content (AvgIpc) is 2.00. The number of hydrogen-bond donors (Lipinski definition) is 2. The zero-order chi connectivity index (χ0) is 12.1. The molecule has 0 aromatic heterocycles. The van der Waals surface area contributed by atoms with Crippen LogP contribution in [0.5, 0.6) is 0 Å². The maximum absolute atomic E-state index is 10.8. The van der Waals surface area contributed by atoms with Crippen molar-refractivity contribution < 1.29 is 9.53 Å². The van der Waals surface area contributed by atoms with Gasteiger partial charge in [-0.1, -0.05) is 27.7 Å². The van der Waals surface area contributed by atoms with E-state index in [1.54, 1.807) is 0 Å². The summed E-state index contributed by atoms with van der Waals surface area (Å²) in [6.07, 6.45) is 0.343. The van der Waals surface area contributed by atoms with Crippen molar-refractivity contribution in [2.24, 2.45) is 22.3 Å². The maximum Gasteiger partial charge on any atom is 0.218 e. The first-order chi connectivity index (χ1) is 6.68. The summed E-state index contributed by atoms with van der Waals surface area (Å²) in [5.74, 6) is -0.290. The van der Waals surface area contributed by atoms with Crippen LogP contribution in [-0.2, 0) is 9.53 Å². The second-order valence-corrected chi connectivity index (χ2v) is 5.67. The lowest BCUT2D eigenvalue weighted by atomic mass is 9.90. The van der Waals surface area contributed by atoms with Crippen molar-refractivity contribution >= 4 is 5.91 Å². The van der Waals surface area contributed by atoms with Crippen molar-refractivity contribution in [1.82, 2.24) is 0 Å². The quantitative estimate of drug-likeness (QED) is 0.663. The van der Waals surface area contributed by atoms with E-state index in [2.05, 4.69) is 0 Å². The van der Waals surface area contributed by atoms with Gasteiger partial charge in [0.1, 0.15) is 0 Å². The smallest absolute Gasteiger partial charge is 0.218 e. The van der Waals surface area contributed by atoms with E-state index in [1.807, 2.05) is 27.7 Å². The summed E-state index contributed by atoms with van der Waals surface area (Å²) in [5.41, 5.74) is 10.5. The molecular formula is C11H24N2O2. The topological polar surface area (TPSA) is 78.3 Å². The molecule has 1 amide bonds. The number of carbonyl (C=O) groups excluding carboxylic acids is 1. The first kappa shape index (κ1) is 14.4. The van der Waals surface area contributed by atoms with Crippen LogP contribution in [0.3, 0.4) is 0 Å². The largest absolute Gasteiger partial charge is 0.380 e. The van der Waals surface area contributed by atoms with Gasteiger partial charge in [0.15, 0.2) is 0 Å². The Hall–Kier alpha value is -0.610. The molecule has 0 saturated carbocycles. The Morgan fingerprint density at radius 2 is 1.60 bits per heavy atom. The standard InChI is InChI=1S/C11H24N2O2/c1-10(2,5-9(13)14)7-15-8-11(3,4)6-12/h5-8,12H2,1-4H3,(H2,13,14). The molecule has 90 valence electrons. The van der Waals surface area contributed by atoms with Gasteiger partial charge in [-0.15, -0.1) is 0 Å². The van der Waals surface area contributed by atoms with Crippen LogP contribution in [0.1, 0.15) is 34.1 Å². The van der Waals surface area contributed by atoms with Crippen LogP contribution in [-0.4, -0.2) is 25.7 Å². The molecule has 0 aliphatic heterocycles. The highest BCUT2D eigenvalue weighted by molar-refractivity contribution is 5.74. The van der Waals surface area contributed by atoms with E-state index < -0.39 is 0 Å². The van der Waals surface area contributed by atoms with Crippen LogP contribution >= 0.6 is 0 Å². The fraction of sp³-hybridized carbons (Fsp3) is 0.909. The summed E-state index contributed by atoms with van der Waals surface area (Å²) < 4.78 is 5.57. The third-order valence-electron chi connectivity index (χ3n) is 2.19. The van der Waals surface area contributed by atoms with E-state index in [-0.39, 0.29) is 16.7 Å². The molecule has 0 radical (unpaired) electrons. The van der Waals surface area contributed by atoms with E-state index in [1.165, 1.54) is 0 Å². The third-order valence-corrected chi connectivity index (χ3v) is 2.19. The van der Waals surface area contributed by atoms with Gasteiger partial charge in [-0.2, -0.15) is 0 Å². The van der Waals surface area contributed by atoms with Gasteiger partial charge in [-0.05, 0) is 12.0 Å².